The van der Waals surface area contributed by atoms with Crippen molar-refractivity contribution in [2.24, 2.45) is 5.41 Å². The molecular weight excluding hydrogens is 188 g/mol. The minimum absolute atomic E-state index is 0.0312. The van der Waals surface area contributed by atoms with Crippen LogP contribution in [-0.4, -0.2) is 17.0 Å². The van der Waals surface area contributed by atoms with E-state index in [1.165, 1.54) is 0 Å². The summed E-state index contributed by atoms with van der Waals surface area (Å²) in [4.78, 5) is 12.2. The van der Waals surface area contributed by atoms with Crippen LogP contribution in [0.4, 0.5) is 0 Å². The Labute approximate surface area is 91.7 Å². The first-order valence-corrected chi connectivity index (χ1v) is 5.77. The van der Waals surface area contributed by atoms with Gasteiger partial charge < -0.3 is 4.74 Å². The zero-order chi connectivity index (χ0) is 11.3. The zero-order valence-electron chi connectivity index (χ0n) is 10.1. The second-order valence-electron chi connectivity index (χ2n) is 5.62. The minimum Gasteiger partial charge on any atom is -0.354 e. The largest absolute Gasteiger partial charge is 0.354 e. The van der Waals surface area contributed by atoms with Gasteiger partial charge in [0.15, 0.2) is 11.4 Å². The van der Waals surface area contributed by atoms with Crippen LogP contribution < -0.4 is 0 Å². The molecule has 0 bridgehead atoms. The summed E-state index contributed by atoms with van der Waals surface area (Å²) in [6.45, 7) is 8.26. The topological polar surface area (TPSA) is 29.6 Å². The number of hydrogen-bond acceptors (Lipinski definition) is 2. The van der Waals surface area contributed by atoms with Crippen LogP contribution in [0, 0.1) is 5.41 Å². The maximum Gasteiger partial charge on any atom is 0.190 e. The van der Waals surface area contributed by atoms with Gasteiger partial charge in [-0.15, -0.1) is 0 Å². The van der Waals surface area contributed by atoms with Crippen LogP contribution in [0.1, 0.15) is 47.0 Å². The van der Waals surface area contributed by atoms with E-state index < -0.39 is 5.60 Å². The monoisotopic (exact) mass is 208 g/mol. The molecule has 0 aromatic heterocycles. The molecule has 1 saturated heterocycles. The molecule has 2 unspecified atom stereocenters. The molecule has 2 heteroatoms. The number of carbonyl (C=O) groups is 1. The van der Waals surface area contributed by atoms with Gasteiger partial charge in [0.05, 0.1) is 0 Å². The third-order valence-electron chi connectivity index (χ3n) is 4.16. The molecule has 0 amide bonds. The van der Waals surface area contributed by atoms with Crippen LogP contribution >= 0.6 is 0 Å². The Hall–Kier alpha value is -0.630. The number of rotatable bonds is 2. The summed E-state index contributed by atoms with van der Waals surface area (Å²) in [5.74, 6) is 0.150. The Morgan fingerprint density at radius 3 is 2.47 bits per heavy atom. The number of ether oxygens (including phenoxy) is 1. The lowest BCUT2D eigenvalue weighted by atomic mass is 9.62. The van der Waals surface area contributed by atoms with Crippen molar-refractivity contribution in [3.05, 3.63) is 12.2 Å². The van der Waals surface area contributed by atoms with E-state index in [9.17, 15) is 4.79 Å². The molecule has 0 aromatic carbocycles. The van der Waals surface area contributed by atoms with Gasteiger partial charge in [0, 0.05) is 5.41 Å². The lowest BCUT2D eigenvalue weighted by molar-refractivity contribution is -0.124. The maximum atomic E-state index is 12.2. The van der Waals surface area contributed by atoms with Crippen LogP contribution in [0.3, 0.4) is 0 Å². The molecular formula is C13H20O2. The average Bonchev–Trinajstić information content (AvgIpc) is 2.75. The van der Waals surface area contributed by atoms with Crippen molar-refractivity contribution in [1.82, 2.24) is 0 Å². The number of fused-ring (bicyclic) bond motifs is 1. The molecule has 2 fully saturated rings. The third-order valence-corrected chi connectivity index (χ3v) is 4.16. The molecule has 2 atom stereocenters. The van der Waals surface area contributed by atoms with Gasteiger partial charge in [0.2, 0.25) is 0 Å². The molecule has 2 aliphatic rings. The van der Waals surface area contributed by atoms with Crippen molar-refractivity contribution in [2.75, 3.05) is 0 Å². The van der Waals surface area contributed by atoms with Crippen molar-refractivity contribution in [3.63, 3.8) is 0 Å². The first-order chi connectivity index (χ1) is 6.90. The van der Waals surface area contributed by atoms with Gasteiger partial charge in [-0.25, -0.2) is 0 Å². The lowest BCUT2D eigenvalue weighted by Crippen LogP contribution is -2.47. The van der Waals surface area contributed by atoms with Crippen LogP contribution in [0.25, 0.3) is 0 Å². The highest BCUT2D eigenvalue weighted by Gasteiger charge is 2.77. The van der Waals surface area contributed by atoms with Crippen LogP contribution in [-0.2, 0) is 9.53 Å². The van der Waals surface area contributed by atoms with E-state index in [-0.39, 0.29) is 16.8 Å². The summed E-state index contributed by atoms with van der Waals surface area (Å²) in [6.07, 6.45) is 6.72. The molecule has 0 N–H and O–H groups in total. The minimum atomic E-state index is -0.537. The molecule has 0 spiro atoms. The molecule has 2 nitrogen and oxygen atoms in total. The van der Waals surface area contributed by atoms with Crippen LogP contribution in [0.5, 0.6) is 0 Å². The van der Waals surface area contributed by atoms with Crippen molar-refractivity contribution in [1.29, 1.82) is 0 Å². The highest BCUT2D eigenvalue weighted by atomic mass is 16.6. The summed E-state index contributed by atoms with van der Waals surface area (Å²) < 4.78 is 5.88. The summed E-state index contributed by atoms with van der Waals surface area (Å²) in [6, 6.07) is 0. The van der Waals surface area contributed by atoms with Crippen molar-refractivity contribution < 1.29 is 9.53 Å². The highest BCUT2D eigenvalue weighted by molar-refractivity contribution is 6.01. The standard InChI is InChI=1S/C13H20O2/c1-5-7-10(14)13-11(2,3)8-6-9-12(13,4)15-13/h5,7H,6,8-9H2,1-4H3/b7-5+. The summed E-state index contributed by atoms with van der Waals surface area (Å²) in [5, 5.41) is 0. The van der Waals surface area contributed by atoms with Gasteiger partial charge in [-0.05, 0) is 39.2 Å². The van der Waals surface area contributed by atoms with Gasteiger partial charge in [-0.1, -0.05) is 19.9 Å². The Balaban J connectivity index is 2.37. The number of epoxide rings is 1. The summed E-state index contributed by atoms with van der Waals surface area (Å²) in [5.41, 5.74) is -0.771. The van der Waals surface area contributed by atoms with E-state index in [0.29, 0.717) is 0 Å². The Morgan fingerprint density at radius 1 is 1.27 bits per heavy atom. The molecule has 15 heavy (non-hydrogen) atoms. The number of ketones is 1. The number of allylic oxidation sites excluding steroid dienone is 1. The van der Waals surface area contributed by atoms with Gasteiger partial charge in [0.1, 0.15) is 5.60 Å². The van der Waals surface area contributed by atoms with E-state index >= 15 is 0 Å². The average molecular weight is 208 g/mol. The van der Waals surface area contributed by atoms with Gasteiger partial charge in [0.25, 0.3) is 0 Å². The van der Waals surface area contributed by atoms with Crippen LogP contribution in [0.2, 0.25) is 0 Å². The lowest BCUT2D eigenvalue weighted by Gasteiger charge is -2.36. The van der Waals surface area contributed by atoms with Crippen LogP contribution in [0.15, 0.2) is 12.2 Å². The fourth-order valence-electron chi connectivity index (χ4n) is 3.35. The molecule has 0 aromatic rings. The smallest absolute Gasteiger partial charge is 0.190 e. The molecule has 0 radical (unpaired) electrons. The zero-order valence-corrected chi connectivity index (χ0v) is 10.1. The van der Waals surface area contributed by atoms with Gasteiger partial charge >= 0.3 is 0 Å². The fourth-order valence-corrected chi connectivity index (χ4v) is 3.35. The van der Waals surface area contributed by atoms with Crippen molar-refractivity contribution >= 4 is 5.78 Å². The van der Waals surface area contributed by atoms with Crippen molar-refractivity contribution in [3.8, 4) is 0 Å². The van der Waals surface area contributed by atoms with Gasteiger partial charge in [-0.3, -0.25) is 4.79 Å². The summed E-state index contributed by atoms with van der Waals surface area (Å²) >= 11 is 0. The van der Waals surface area contributed by atoms with E-state index in [4.69, 9.17) is 4.74 Å². The third kappa shape index (κ3) is 1.17. The Kier molecular flexibility index (Phi) is 2.13. The molecule has 84 valence electrons. The fraction of sp³-hybridized carbons (Fsp3) is 0.769. The number of hydrogen-bond donors (Lipinski definition) is 0. The van der Waals surface area contributed by atoms with E-state index in [1.54, 1.807) is 6.08 Å². The van der Waals surface area contributed by atoms with E-state index in [0.717, 1.165) is 19.3 Å². The van der Waals surface area contributed by atoms with E-state index in [2.05, 4.69) is 20.8 Å². The summed E-state index contributed by atoms with van der Waals surface area (Å²) in [7, 11) is 0. The van der Waals surface area contributed by atoms with E-state index in [1.807, 2.05) is 13.0 Å². The molecule has 1 aliphatic heterocycles. The van der Waals surface area contributed by atoms with Crippen molar-refractivity contribution in [2.45, 2.75) is 58.2 Å². The molecule has 1 heterocycles. The SMILES string of the molecule is C/C=C/C(=O)C12OC1(C)CCCC2(C)C. The Bertz CT molecular complexity index is 329. The first-order valence-electron chi connectivity index (χ1n) is 5.77. The van der Waals surface area contributed by atoms with Gasteiger partial charge in [-0.2, -0.15) is 0 Å². The maximum absolute atomic E-state index is 12.2. The molecule has 2 rings (SSSR count). The second kappa shape index (κ2) is 2.94. The quantitative estimate of drug-likeness (QED) is 0.516. The Morgan fingerprint density at radius 2 is 1.93 bits per heavy atom. The second-order valence-corrected chi connectivity index (χ2v) is 5.62. The predicted molar refractivity (Wildman–Crippen MR) is 59.7 cm³/mol. The predicted octanol–water partition coefficient (Wildman–Crippen LogP) is 2.87. The molecule has 1 aliphatic carbocycles. The normalized spacial score (nSPS) is 42.7. The highest BCUT2D eigenvalue weighted by Crippen LogP contribution is 2.65. The molecule has 1 saturated carbocycles. The number of carbonyl (C=O) groups excluding carboxylic acids is 1. The first kappa shape index (κ1) is 10.9.